The summed E-state index contributed by atoms with van der Waals surface area (Å²) in [5, 5.41) is 8.89. The van der Waals surface area contributed by atoms with Crippen LogP contribution in [0.15, 0.2) is 43.0 Å². The van der Waals surface area contributed by atoms with Gasteiger partial charge < -0.3 is 9.84 Å². The second kappa shape index (κ2) is 5.19. The second-order valence-corrected chi connectivity index (χ2v) is 2.75. The number of rotatable bonds is 5. The van der Waals surface area contributed by atoms with Crippen molar-refractivity contribution in [1.29, 1.82) is 0 Å². The van der Waals surface area contributed by atoms with Gasteiger partial charge in [-0.25, -0.2) is 4.79 Å². The fourth-order valence-electron chi connectivity index (χ4n) is 1.10. The lowest BCUT2D eigenvalue weighted by atomic mass is 10.1. The third-order valence-electron chi connectivity index (χ3n) is 1.71. The molecule has 74 valence electrons. The van der Waals surface area contributed by atoms with Crippen LogP contribution >= 0.6 is 0 Å². The molecule has 0 saturated carbocycles. The smallest absolute Gasteiger partial charge is 0.337 e. The molecule has 1 unspecified atom stereocenters. The van der Waals surface area contributed by atoms with E-state index in [1.54, 1.807) is 24.3 Å². The molecule has 0 bridgehead atoms. The lowest BCUT2D eigenvalue weighted by molar-refractivity contribution is -0.150. The lowest BCUT2D eigenvalue weighted by Crippen LogP contribution is -2.15. The highest BCUT2D eigenvalue weighted by atomic mass is 16.5. The molecule has 3 nitrogen and oxygen atoms in total. The summed E-state index contributed by atoms with van der Waals surface area (Å²) in [6.45, 7) is 3.70. The first-order valence-electron chi connectivity index (χ1n) is 4.26. The lowest BCUT2D eigenvalue weighted by Gasteiger charge is -2.12. The molecule has 0 aromatic heterocycles. The summed E-state index contributed by atoms with van der Waals surface area (Å²) < 4.78 is 5.12. The number of carboxylic acid groups (broad SMARTS) is 1. The zero-order valence-corrected chi connectivity index (χ0v) is 7.72. The number of hydrogen-bond donors (Lipinski definition) is 1. The fourth-order valence-corrected chi connectivity index (χ4v) is 1.10. The van der Waals surface area contributed by atoms with Gasteiger partial charge in [-0.3, -0.25) is 0 Å². The third kappa shape index (κ3) is 2.71. The Morgan fingerprint density at radius 1 is 1.50 bits per heavy atom. The molecule has 1 N–H and O–H groups in total. The van der Waals surface area contributed by atoms with Gasteiger partial charge in [-0.05, 0) is 5.56 Å². The fraction of sp³-hybridized carbons (Fsp3) is 0.182. The molecule has 0 fully saturated rings. The van der Waals surface area contributed by atoms with Crippen LogP contribution < -0.4 is 0 Å². The first-order valence-corrected chi connectivity index (χ1v) is 4.26. The molecule has 3 heteroatoms. The van der Waals surface area contributed by atoms with Crippen molar-refractivity contribution in [2.24, 2.45) is 0 Å². The standard InChI is InChI=1S/C11H12O3/c1-2-8-14-10(11(12)13)9-6-4-3-5-7-9/h2-7,10H,1,8H2,(H,12,13). The molecular formula is C11H12O3. The Balaban J connectivity index is 2.78. The summed E-state index contributed by atoms with van der Waals surface area (Å²) in [5.74, 6) is -0.988. The van der Waals surface area contributed by atoms with Gasteiger partial charge in [-0.15, -0.1) is 6.58 Å². The molecule has 0 spiro atoms. The Bertz CT molecular complexity index is 306. The third-order valence-corrected chi connectivity index (χ3v) is 1.71. The summed E-state index contributed by atoms with van der Waals surface area (Å²) in [4.78, 5) is 10.8. The van der Waals surface area contributed by atoms with Crippen molar-refractivity contribution >= 4 is 5.97 Å². The summed E-state index contributed by atoms with van der Waals surface area (Å²) in [6, 6.07) is 8.84. The largest absolute Gasteiger partial charge is 0.479 e. The number of carboxylic acids is 1. The van der Waals surface area contributed by atoms with Crippen molar-refractivity contribution in [3.63, 3.8) is 0 Å². The van der Waals surface area contributed by atoms with E-state index >= 15 is 0 Å². The predicted octanol–water partition coefficient (Wildman–Crippen LogP) is 2.01. The zero-order chi connectivity index (χ0) is 10.4. The van der Waals surface area contributed by atoms with Crippen LogP contribution in [-0.4, -0.2) is 17.7 Å². The molecule has 0 radical (unpaired) electrons. The van der Waals surface area contributed by atoms with Crippen molar-refractivity contribution in [3.8, 4) is 0 Å². The van der Waals surface area contributed by atoms with Crippen LogP contribution in [0.3, 0.4) is 0 Å². The number of hydrogen-bond acceptors (Lipinski definition) is 2. The van der Waals surface area contributed by atoms with Crippen molar-refractivity contribution < 1.29 is 14.6 Å². The molecule has 0 amide bonds. The second-order valence-electron chi connectivity index (χ2n) is 2.75. The monoisotopic (exact) mass is 192 g/mol. The molecule has 0 aliphatic rings. The molecule has 1 atom stereocenters. The topological polar surface area (TPSA) is 46.5 Å². The maximum atomic E-state index is 10.8. The normalized spacial score (nSPS) is 12.0. The minimum absolute atomic E-state index is 0.228. The van der Waals surface area contributed by atoms with E-state index in [-0.39, 0.29) is 6.61 Å². The van der Waals surface area contributed by atoms with Crippen molar-refractivity contribution in [2.45, 2.75) is 6.10 Å². The van der Waals surface area contributed by atoms with E-state index in [2.05, 4.69) is 6.58 Å². The summed E-state index contributed by atoms with van der Waals surface area (Å²) in [6.07, 6.45) is 0.619. The van der Waals surface area contributed by atoms with Crippen LogP contribution in [0.2, 0.25) is 0 Å². The van der Waals surface area contributed by atoms with Gasteiger partial charge in [0.1, 0.15) is 0 Å². The Morgan fingerprint density at radius 3 is 2.64 bits per heavy atom. The summed E-state index contributed by atoms with van der Waals surface area (Å²) >= 11 is 0. The van der Waals surface area contributed by atoms with E-state index in [4.69, 9.17) is 9.84 Å². The van der Waals surface area contributed by atoms with Gasteiger partial charge in [0.2, 0.25) is 0 Å². The van der Waals surface area contributed by atoms with Gasteiger partial charge >= 0.3 is 5.97 Å². The van der Waals surface area contributed by atoms with E-state index in [0.717, 1.165) is 0 Å². The first-order chi connectivity index (χ1) is 6.75. The molecular weight excluding hydrogens is 180 g/mol. The van der Waals surface area contributed by atoms with Gasteiger partial charge in [0.15, 0.2) is 6.10 Å². The van der Waals surface area contributed by atoms with Gasteiger partial charge in [-0.1, -0.05) is 36.4 Å². The molecule has 0 saturated heterocycles. The van der Waals surface area contributed by atoms with E-state index in [1.165, 1.54) is 6.08 Å². The highest BCUT2D eigenvalue weighted by molar-refractivity contribution is 5.74. The quantitative estimate of drug-likeness (QED) is 0.726. The Kier molecular flexibility index (Phi) is 3.88. The molecule has 0 aliphatic heterocycles. The van der Waals surface area contributed by atoms with Crippen LogP contribution in [0.5, 0.6) is 0 Å². The minimum Gasteiger partial charge on any atom is -0.479 e. The summed E-state index contributed by atoms with van der Waals surface area (Å²) in [5.41, 5.74) is 0.641. The van der Waals surface area contributed by atoms with Gasteiger partial charge in [0, 0.05) is 0 Å². The maximum absolute atomic E-state index is 10.8. The van der Waals surface area contributed by atoms with Crippen LogP contribution in [0.4, 0.5) is 0 Å². The van der Waals surface area contributed by atoms with E-state index in [0.29, 0.717) is 5.56 Å². The Labute approximate surface area is 82.6 Å². The SMILES string of the molecule is C=CCOC(C(=O)O)c1ccccc1. The van der Waals surface area contributed by atoms with E-state index < -0.39 is 12.1 Å². The van der Waals surface area contributed by atoms with Gasteiger partial charge in [0.25, 0.3) is 0 Å². The molecule has 1 aromatic carbocycles. The zero-order valence-electron chi connectivity index (χ0n) is 7.72. The molecule has 0 heterocycles. The van der Waals surface area contributed by atoms with Gasteiger partial charge in [-0.2, -0.15) is 0 Å². The first kappa shape index (κ1) is 10.5. The van der Waals surface area contributed by atoms with Crippen molar-refractivity contribution in [3.05, 3.63) is 48.6 Å². The Morgan fingerprint density at radius 2 is 2.14 bits per heavy atom. The number of carbonyl (C=O) groups is 1. The predicted molar refractivity (Wildman–Crippen MR) is 53.0 cm³/mol. The van der Waals surface area contributed by atoms with Crippen LogP contribution in [0.1, 0.15) is 11.7 Å². The highest BCUT2D eigenvalue weighted by Crippen LogP contribution is 2.16. The van der Waals surface area contributed by atoms with Gasteiger partial charge in [0.05, 0.1) is 6.61 Å². The molecule has 0 aliphatic carbocycles. The van der Waals surface area contributed by atoms with Crippen molar-refractivity contribution in [1.82, 2.24) is 0 Å². The average molecular weight is 192 g/mol. The molecule has 14 heavy (non-hydrogen) atoms. The average Bonchev–Trinajstić information content (AvgIpc) is 2.19. The van der Waals surface area contributed by atoms with Crippen LogP contribution in [0, 0.1) is 0 Å². The van der Waals surface area contributed by atoms with Crippen LogP contribution in [0.25, 0.3) is 0 Å². The van der Waals surface area contributed by atoms with Crippen molar-refractivity contribution in [2.75, 3.05) is 6.61 Å². The number of ether oxygens (including phenoxy) is 1. The highest BCUT2D eigenvalue weighted by Gasteiger charge is 2.19. The van der Waals surface area contributed by atoms with Crippen LogP contribution in [-0.2, 0) is 9.53 Å². The molecule has 1 rings (SSSR count). The number of aliphatic carboxylic acids is 1. The molecule has 1 aromatic rings. The number of benzene rings is 1. The Hall–Kier alpha value is -1.61. The van der Waals surface area contributed by atoms with E-state index in [1.807, 2.05) is 6.07 Å². The summed E-state index contributed by atoms with van der Waals surface area (Å²) in [7, 11) is 0. The van der Waals surface area contributed by atoms with E-state index in [9.17, 15) is 4.79 Å². The maximum Gasteiger partial charge on any atom is 0.337 e. The minimum atomic E-state index is -0.988.